The molecule has 0 radical (unpaired) electrons. The van der Waals surface area contributed by atoms with Gasteiger partial charge in [0.25, 0.3) is 5.91 Å². The largest absolute Gasteiger partial charge is 0.497 e. The Kier molecular flexibility index (Phi) is 6.96. The molecule has 0 atom stereocenters. The molecule has 3 rings (SSSR count). The van der Waals surface area contributed by atoms with Crippen LogP contribution in [0, 0.1) is 0 Å². The van der Waals surface area contributed by atoms with Gasteiger partial charge in [0.05, 0.1) is 13.7 Å². The van der Waals surface area contributed by atoms with Crippen LogP contribution >= 0.6 is 0 Å². The van der Waals surface area contributed by atoms with E-state index in [4.69, 9.17) is 9.47 Å². The second-order valence-corrected chi connectivity index (χ2v) is 7.63. The van der Waals surface area contributed by atoms with Crippen LogP contribution in [0.4, 0.5) is 0 Å². The minimum Gasteiger partial charge on any atom is -0.497 e. The highest BCUT2D eigenvalue weighted by molar-refractivity contribution is 5.94. The average Bonchev–Trinajstić information content (AvgIpc) is 3.23. The zero-order valence-electron chi connectivity index (χ0n) is 17.0. The third-order valence-electron chi connectivity index (χ3n) is 5.73. The van der Waals surface area contributed by atoms with Crippen molar-refractivity contribution < 1.29 is 14.3 Å². The zero-order chi connectivity index (χ0) is 19.8. The number of benzene rings is 2. The number of carbonyl (C=O) groups is 1. The summed E-state index contributed by atoms with van der Waals surface area (Å²) in [7, 11) is 1.68. The van der Waals surface area contributed by atoms with Crippen molar-refractivity contribution in [2.45, 2.75) is 50.9 Å². The van der Waals surface area contributed by atoms with E-state index in [0.717, 1.165) is 37.2 Å². The van der Waals surface area contributed by atoms with Gasteiger partial charge in [-0.15, -0.1) is 0 Å². The summed E-state index contributed by atoms with van der Waals surface area (Å²) in [4.78, 5) is 12.7. The van der Waals surface area contributed by atoms with E-state index in [1.165, 1.54) is 18.4 Å². The number of hydrogen-bond acceptors (Lipinski definition) is 3. The van der Waals surface area contributed by atoms with E-state index < -0.39 is 0 Å². The highest BCUT2D eigenvalue weighted by atomic mass is 16.5. The Morgan fingerprint density at radius 2 is 1.64 bits per heavy atom. The van der Waals surface area contributed by atoms with Crippen LogP contribution in [0.1, 0.15) is 61.4 Å². The van der Waals surface area contributed by atoms with Gasteiger partial charge in [-0.05, 0) is 61.2 Å². The molecule has 0 bridgehead atoms. The molecular formula is C24H31NO3. The Bertz CT molecular complexity index is 746. The van der Waals surface area contributed by atoms with Gasteiger partial charge in [0.2, 0.25) is 0 Å². The molecule has 28 heavy (non-hydrogen) atoms. The lowest BCUT2D eigenvalue weighted by molar-refractivity contribution is 0.0943. The molecule has 0 aliphatic heterocycles. The summed E-state index contributed by atoms with van der Waals surface area (Å²) in [6.45, 7) is 3.51. The van der Waals surface area contributed by atoms with Crippen LogP contribution < -0.4 is 14.8 Å². The van der Waals surface area contributed by atoms with Crippen LogP contribution in [0.3, 0.4) is 0 Å². The van der Waals surface area contributed by atoms with E-state index in [1.807, 2.05) is 36.4 Å². The Balaban J connectivity index is 1.62. The third kappa shape index (κ3) is 4.86. The first-order chi connectivity index (χ1) is 13.7. The molecular weight excluding hydrogens is 350 g/mol. The molecule has 1 aliphatic carbocycles. The third-order valence-corrected chi connectivity index (χ3v) is 5.73. The molecule has 4 nitrogen and oxygen atoms in total. The molecule has 0 spiro atoms. The van der Waals surface area contributed by atoms with Gasteiger partial charge in [-0.2, -0.15) is 0 Å². The van der Waals surface area contributed by atoms with Crippen molar-refractivity contribution in [2.75, 3.05) is 20.3 Å². The van der Waals surface area contributed by atoms with E-state index in [0.29, 0.717) is 18.7 Å². The second-order valence-electron chi connectivity index (χ2n) is 7.63. The van der Waals surface area contributed by atoms with Crippen LogP contribution in [-0.2, 0) is 5.41 Å². The van der Waals surface area contributed by atoms with E-state index in [-0.39, 0.29) is 11.3 Å². The number of nitrogens with one attached hydrogen (secondary N) is 1. The fraction of sp³-hybridized carbons (Fsp3) is 0.458. The molecule has 0 aromatic heterocycles. The lowest BCUT2D eigenvalue weighted by atomic mass is 9.78. The predicted molar refractivity (Wildman–Crippen MR) is 112 cm³/mol. The maximum absolute atomic E-state index is 12.7. The molecule has 1 fully saturated rings. The summed E-state index contributed by atoms with van der Waals surface area (Å²) in [6, 6.07) is 15.7. The van der Waals surface area contributed by atoms with Crippen LogP contribution in [0.2, 0.25) is 0 Å². The van der Waals surface area contributed by atoms with E-state index >= 15 is 0 Å². The number of ether oxygens (including phenoxy) is 2. The van der Waals surface area contributed by atoms with Crippen LogP contribution in [0.15, 0.2) is 48.5 Å². The van der Waals surface area contributed by atoms with Crippen LogP contribution in [0.25, 0.3) is 0 Å². The Labute approximate surface area is 168 Å². The molecule has 1 saturated carbocycles. The molecule has 0 unspecified atom stereocenters. The van der Waals surface area contributed by atoms with Gasteiger partial charge >= 0.3 is 0 Å². The lowest BCUT2D eigenvalue weighted by Gasteiger charge is -2.30. The minimum absolute atomic E-state index is 0.0190. The van der Waals surface area contributed by atoms with Crippen molar-refractivity contribution in [1.82, 2.24) is 5.32 Å². The molecule has 2 aromatic rings. The molecule has 2 aromatic carbocycles. The van der Waals surface area contributed by atoms with Gasteiger partial charge < -0.3 is 14.8 Å². The van der Waals surface area contributed by atoms with E-state index in [9.17, 15) is 4.79 Å². The highest BCUT2D eigenvalue weighted by Gasteiger charge is 2.36. The summed E-state index contributed by atoms with van der Waals surface area (Å²) in [5, 5.41) is 3.17. The first-order valence-corrected chi connectivity index (χ1v) is 10.3. The first kappa shape index (κ1) is 20.2. The fourth-order valence-electron chi connectivity index (χ4n) is 3.95. The van der Waals surface area contributed by atoms with E-state index in [2.05, 4.69) is 24.4 Å². The predicted octanol–water partition coefficient (Wildman–Crippen LogP) is 5.12. The quantitative estimate of drug-likeness (QED) is 0.614. The van der Waals surface area contributed by atoms with Crippen molar-refractivity contribution in [2.24, 2.45) is 0 Å². The Morgan fingerprint density at radius 3 is 2.25 bits per heavy atom. The smallest absolute Gasteiger partial charge is 0.251 e. The summed E-state index contributed by atoms with van der Waals surface area (Å²) in [6.07, 6.45) is 6.75. The average molecular weight is 382 g/mol. The minimum atomic E-state index is -0.0279. The number of unbranched alkanes of at least 4 members (excludes halogenated alkanes) is 1. The van der Waals surface area contributed by atoms with Gasteiger partial charge in [0, 0.05) is 17.5 Å². The van der Waals surface area contributed by atoms with Crippen LogP contribution in [-0.4, -0.2) is 26.2 Å². The van der Waals surface area contributed by atoms with E-state index in [1.54, 1.807) is 7.11 Å². The first-order valence-electron chi connectivity index (χ1n) is 10.3. The Morgan fingerprint density at radius 1 is 1.00 bits per heavy atom. The monoisotopic (exact) mass is 381 g/mol. The number of carbonyl (C=O) groups excluding carboxylic acids is 1. The van der Waals surface area contributed by atoms with Crippen molar-refractivity contribution in [1.29, 1.82) is 0 Å². The summed E-state index contributed by atoms with van der Waals surface area (Å²) in [5.74, 6) is 1.65. The lowest BCUT2D eigenvalue weighted by Crippen LogP contribution is -2.39. The topological polar surface area (TPSA) is 47.6 Å². The Hall–Kier alpha value is -2.49. The maximum Gasteiger partial charge on any atom is 0.251 e. The summed E-state index contributed by atoms with van der Waals surface area (Å²) < 4.78 is 11.0. The zero-order valence-corrected chi connectivity index (χ0v) is 17.0. The molecule has 1 aliphatic rings. The number of amides is 1. The van der Waals surface area contributed by atoms with Gasteiger partial charge in [-0.3, -0.25) is 4.79 Å². The summed E-state index contributed by atoms with van der Waals surface area (Å²) in [5.41, 5.74) is 1.97. The van der Waals surface area contributed by atoms with Gasteiger partial charge in [0.1, 0.15) is 11.5 Å². The standard InChI is InChI=1S/C24H31NO3/c1-3-4-17-28-22-11-7-19(8-12-22)23(26)25-18-24(15-5-6-16-24)20-9-13-21(27-2)14-10-20/h7-14H,3-6,15-18H2,1-2H3,(H,25,26). The van der Waals surface area contributed by atoms with Crippen LogP contribution in [0.5, 0.6) is 11.5 Å². The fourth-order valence-corrected chi connectivity index (χ4v) is 3.95. The number of methoxy groups -OCH3 is 1. The molecule has 1 amide bonds. The molecule has 0 saturated heterocycles. The SMILES string of the molecule is CCCCOc1ccc(C(=O)NCC2(c3ccc(OC)cc3)CCCC2)cc1. The van der Waals surface area contributed by atoms with Gasteiger partial charge in [-0.25, -0.2) is 0 Å². The molecule has 0 heterocycles. The van der Waals surface area contributed by atoms with Gasteiger partial charge in [0.15, 0.2) is 0 Å². The molecule has 150 valence electrons. The number of hydrogen-bond donors (Lipinski definition) is 1. The van der Waals surface area contributed by atoms with Crippen molar-refractivity contribution in [3.8, 4) is 11.5 Å². The molecule has 1 N–H and O–H groups in total. The van der Waals surface area contributed by atoms with Gasteiger partial charge in [-0.1, -0.05) is 38.3 Å². The molecule has 4 heteroatoms. The van der Waals surface area contributed by atoms with Crippen molar-refractivity contribution in [3.05, 3.63) is 59.7 Å². The summed E-state index contributed by atoms with van der Waals surface area (Å²) >= 11 is 0. The highest BCUT2D eigenvalue weighted by Crippen LogP contribution is 2.41. The second kappa shape index (κ2) is 9.63. The maximum atomic E-state index is 12.7. The number of rotatable bonds is 9. The van der Waals surface area contributed by atoms with Crippen molar-refractivity contribution in [3.63, 3.8) is 0 Å². The van der Waals surface area contributed by atoms with Crippen molar-refractivity contribution >= 4 is 5.91 Å². The normalized spacial score (nSPS) is 15.2.